The minimum Gasteiger partial charge on any atom is -0.377 e. The quantitative estimate of drug-likeness (QED) is 0.751. The third kappa shape index (κ3) is 2.12. The van der Waals surface area contributed by atoms with Crippen molar-refractivity contribution < 1.29 is 4.74 Å². The molecule has 0 saturated heterocycles. The van der Waals surface area contributed by atoms with Gasteiger partial charge in [-0.05, 0) is 31.2 Å². The van der Waals surface area contributed by atoms with Crippen LogP contribution in [0.15, 0.2) is 0 Å². The summed E-state index contributed by atoms with van der Waals surface area (Å²) in [7, 11) is 1.86. The van der Waals surface area contributed by atoms with Crippen molar-refractivity contribution in [3.05, 3.63) is 0 Å². The first-order valence-corrected chi connectivity index (χ1v) is 5.75. The molecule has 14 heavy (non-hydrogen) atoms. The second-order valence-electron chi connectivity index (χ2n) is 5.48. The molecular weight excluding hydrogens is 174 g/mol. The van der Waals surface area contributed by atoms with Crippen LogP contribution in [-0.2, 0) is 4.74 Å². The van der Waals surface area contributed by atoms with E-state index >= 15 is 0 Å². The fraction of sp³-hybridized carbons (Fsp3) is 1.00. The summed E-state index contributed by atoms with van der Waals surface area (Å²) < 4.78 is 5.75. The molecule has 0 aliphatic heterocycles. The maximum absolute atomic E-state index is 5.75. The number of methoxy groups -OCH3 is 1. The minimum absolute atomic E-state index is 0.105. The Kier molecular flexibility index (Phi) is 3.59. The fourth-order valence-corrected chi connectivity index (χ4v) is 2.62. The van der Waals surface area contributed by atoms with E-state index in [4.69, 9.17) is 4.74 Å². The molecular formula is C12H25NO. The number of nitrogens with one attached hydrogen (secondary N) is 1. The Morgan fingerprint density at radius 1 is 1.36 bits per heavy atom. The third-order valence-electron chi connectivity index (χ3n) is 3.41. The van der Waals surface area contributed by atoms with Crippen LogP contribution in [0, 0.1) is 5.41 Å². The number of ether oxygens (including phenoxy) is 1. The first-order valence-electron chi connectivity index (χ1n) is 5.75. The summed E-state index contributed by atoms with van der Waals surface area (Å²) in [4.78, 5) is 0. The molecule has 1 rings (SSSR count). The van der Waals surface area contributed by atoms with E-state index in [2.05, 4.69) is 33.0 Å². The summed E-state index contributed by atoms with van der Waals surface area (Å²) in [5.74, 6) is 0. The first-order chi connectivity index (χ1) is 6.46. The molecule has 2 heteroatoms. The summed E-state index contributed by atoms with van der Waals surface area (Å²) in [6.07, 6.45) is 3.72. The number of hydrogen-bond donors (Lipinski definition) is 1. The van der Waals surface area contributed by atoms with E-state index < -0.39 is 0 Å². The Balaban J connectivity index is 2.75. The summed E-state index contributed by atoms with van der Waals surface area (Å²) in [5.41, 5.74) is 0.376. The van der Waals surface area contributed by atoms with Gasteiger partial charge in [0.2, 0.25) is 0 Å². The molecule has 1 saturated carbocycles. The van der Waals surface area contributed by atoms with E-state index in [-0.39, 0.29) is 11.0 Å². The number of likely N-dealkylation sites (N-methyl/N-ethyl adjacent to an activating group) is 1. The lowest BCUT2D eigenvalue weighted by Crippen LogP contribution is -2.61. The van der Waals surface area contributed by atoms with Gasteiger partial charge >= 0.3 is 0 Å². The highest BCUT2D eigenvalue weighted by molar-refractivity contribution is 5.04. The number of rotatable bonds is 4. The summed E-state index contributed by atoms with van der Waals surface area (Å²) in [6.45, 7) is 10.1. The van der Waals surface area contributed by atoms with Gasteiger partial charge in [0.1, 0.15) is 0 Å². The Bertz CT molecular complexity index is 174. The first kappa shape index (κ1) is 12.0. The zero-order valence-electron chi connectivity index (χ0n) is 10.3. The van der Waals surface area contributed by atoms with Crippen molar-refractivity contribution in [1.82, 2.24) is 5.32 Å². The largest absolute Gasteiger partial charge is 0.377 e. The van der Waals surface area contributed by atoms with Crippen molar-refractivity contribution in [2.75, 3.05) is 13.7 Å². The predicted octanol–water partition coefficient (Wildman–Crippen LogP) is 2.58. The smallest absolute Gasteiger partial charge is 0.0836 e. The van der Waals surface area contributed by atoms with Crippen LogP contribution in [0.25, 0.3) is 0 Å². The molecule has 1 aliphatic carbocycles. The minimum atomic E-state index is 0.105. The van der Waals surface area contributed by atoms with Crippen molar-refractivity contribution in [3.63, 3.8) is 0 Å². The van der Waals surface area contributed by atoms with Crippen LogP contribution in [0.1, 0.15) is 47.0 Å². The zero-order valence-corrected chi connectivity index (χ0v) is 10.3. The average Bonchev–Trinajstić information content (AvgIpc) is 2.00. The van der Waals surface area contributed by atoms with Gasteiger partial charge in [-0.3, -0.25) is 0 Å². The van der Waals surface area contributed by atoms with Crippen LogP contribution in [0.2, 0.25) is 0 Å². The Morgan fingerprint density at radius 3 is 2.14 bits per heavy atom. The van der Waals surface area contributed by atoms with E-state index in [1.54, 1.807) is 0 Å². The normalized spacial score (nSPS) is 22.9. The van der Waals surface area contributed by atoms with Gasteiger partial charge < -0.3 is 10.1 Å². The summed E-state index contributed by atoms with van der Waals surface area (Å²) in [6, 6.07) is 0.471. The molecule has 0 aromatic heterocycles. The highest BCUT2D eigenvalue weighted by Crippen LogP contribution is 2.43. The van der Waals surface area contributed by atoms with Crippen molar-refractivity contribution in [1.29, 1.82) is 0 Å². The molecule has 0 heterocycles. The molecule has 1 N–H and O–H groups in total. The van der Waals surface area contributed by atoms with Crippen molar-refractivity contribution in [2.45, 2.75) is 58.6 Å². The summed E-state index contributed by atoms with van der Waals surface area (Å²) >= 11 is 0. The fourth-order valence-electron chi connectivity index (χ4n) is 2.62. The molecule has 84 valence electrons. The maximum atomic E-state index is 5.75. The van der Waals surface area contributed by atoms with Gasteiger partial charge in [-0.15, -0.1) is 0 Å². The second kappa shape index (κ2) is 4.19. The predicted molar refractivity (Wildman–Crippen MR) is 60.5 cm³/mol. The van der Waals surface area contributed by atoms with Crippen LogP contribution >= 0.6 is 0 Å². The highest BCUT2D eigenvalue weighted by atomic mass is 16.5. The van der Waals surface area contributed by atoms with Gasteiger partial charge in [-0.1, -0.05) is 27.7 Å². The summed E-state index contributed by atoms with van der Waals surface area (Å²) in [5, 5.41) is 3.59. The lowest BCUT2D eigenvalue weighted by molar-refractivity contribution is -0.121. The standard InChI is InChI=1S/C12H25NO/c1-6-13-10(11(2,3)4)12(14-5)8-7-9-12/h10,13H,6-9H2,1-5H3. The topological polar surface area (TPSA) is 21.3 Å². The van der Waals surface area contributed by atoms with Crippen LogP contribution in [0.4, 0.5) is 0 Å². The molecule has 0 radical (unpaired) electrons. The van der Waals surface area contributed by atoms with Crippen LogP contribution in [-0.4, -0.2) is 25.3 Å². The van der Waals surface area contributed by atoms with E-state index in [1.807, 2.05) is 7.11 Å². The molecule has 1 unspecified atom stereocenters. The monoisotopic (exact) mass is 199 g/mol. The molecule has 0 aromatic rings. The average molecular weight is 199 g/mol. The van der Waals surface area contributed by atoms with E-state index in [0.29, 0.717) is 6.04 Å². The van der Waals surface area contributed by atoms with Crippen molar-refractivity contribution >= 4 is 0 Å². The van der Waals surface area contributed by atoms with Crippen molar-refractivity contribution in [3.8, 4) is 0 Å². The third-order valence-corrected chi connectivity index (χ3v) is 3.41. The van der Waals surface area contributed by atoms with Crippen molar-refractivity contribution in [2.24, 2.45) is 5.41 Å². The molecule has 2 nitrogen and oxygen atoms in total. The van der Waals surface area contributed by atoms with Gasteiger partial charge in [0, 0.05) is 13.2 Å². The van der Waals surface area contributed by atoms with Gasteiger partial charge in [-0.25, -0.2) is 0 Å². The Morgan fingerprint density at radius 2 is 1.93 bits per heavy atom. The van der Waals surface area contributed by atoms with E-state index in [9.17, 15) is 0 Å². The maximum Gasteiger partial charge on any atom is 0.0836 e. The molecule has 1 atom stereocenters. The zero-order chi connectivity index (χ0) is 10.8. The molecule has 0 aromatic carbocycles. The van der Waals surface area contributed by atoms with Gasteiger partial charge in [0.05, 0.1) is 5.60 Å². The van der Waals surface area contributed by atoms with Gasteiger partial charge in [-0.2, -0.15) is 0 Å². The lowest BCUT2D eigenvalue weighted by Gasteiger charge is -2.51. The number of hydrogen-bond acceptors (Lipinski definition) is 2. The molecule has 1 aliphatic rings. The van der Waals surface area contributed by atoms with Crippen LogP contribution in [0.3, 0.4) is 0 Å². The van der Waals surface area contributed by atoms with Gasteiger partial charge in [0.25, 0.3) is 0 Å². The van der Waals surface area contributed by atoms with Crippen LogP contribution in [0.5, 0.6) is 0 Å². The SMILES string of the molecule is CCNC(C(C)(C)C)C1(OC)CCC1. The molecule has 0 spiro atoms. The van der Waals surface area contributed by atoms with E-state index in [1.165, 1.54) is 19.3 Å². The Hall–Kier alpha value is -0.0800. The second-order valence-corrected chi connectivity index (χ2v) is 5.48. The Labute approximate surface area is 88.4 Å². The molecule has 1 fully saturated rings. The lowest BCUT2D eigenvalue weighted by atomic mass is 9.66. The highest BCUT2D eigenvalue weighted by Gasteiger charge is 2.48. The molecule has 0 amide bonds. The van der Waals surface area contributed by atoms with E-state index in [0.717, 1.165) is 6.54 Å². The van der Waals surface area contributed by atoms with Gasteiger partial charge in [0.15, 0.2) is 0 Å². The van der Waals surface area contributed by atoms with Crippen LogP contribution < -0.4 is 5.32 Å². The molecule has 0 bridgehead atoms.